The number of hydrogen-bond donors (Lipinski definition) is 1. The topological polar surface area (TPSA) is 82.3 Å². The minimum atomic E-state index is -0.583. The number of carbonyl (C=O) groups excluding carboxylic acids is 2. The quantitative estimate of drug-likeness (QED) is 0.642. The minimum Gasteiger partial charge on any atom is -0.465 e. The number of amides is 1. The van der Waals surface area contributed by atoms with Crippen LogP contribution in [0.15, 0.2) is 47.3 Å². The van der Waals surface area contributed by atoms with E-state index in [2.05, 4.69) is 10.1 Å². The summed E-state index contributed by atoms with van der Waals surface area (Å²) in [6.07, 6.45) is 0.105. The van der Waals surface area contributed by atoms with Gasteiger partial charge in [-0.05, 0) is 37.3 Å². The highest BCUT2D eigenvalue weighted by atomic mass is 35.5. The number of imidazole rings is 1. The fourth-order valence-electron chi connectivity index (χ4n) is 3.10. The third-order valence-corrected chi connectivity index (χ3v) is 4.79. The second-order valence-electron chi connectivity index (χ2n) is 6.15. The molecule has 0 fully saturated rings. The number of para-hydroxylation sites is 2. The lowest BCUT2D eigenvalue weighted by Gasteiger charge is -2.09. The van der Waals surface area contributed by atoms with E-state index >= 15 is 0 Å². The lowest BCUT2D eigenvalue weighted by molar-refractivity contribution is -0.116. The van der Waals surface area contributed by atoms with Gasteiger partial charge in [0.05, 0.1) is 28.7 Å². The Bertz CT molecular complexity index is 1100. The van der Waals surface area contributed by atoms with Crippen molar-refractivity contribution >= 4 is 40.2 Å². The zero-order valence-corrected chi connectivity index (χ0v) is 16.3. The number of nitrogens with zero attached hydrogens (tertiary/aromatic N) is 2. The maximum atomic E-state index is 12.6. The van der Waals surface area contributed by atoms with Crippen molar-refractivity contribution in [1.82, 2.24) is 9.13 Å². The largest absolute Gasteiger partial charge is 0.465 e. The van der Waals surface area contributed by atoms with Crippen LogP contribution in [0.1, 0.15) is 23.7 Å². The Morgan fingerprint density at radius 2 is 1.79 bits per heavy atom. The van der Waals surface area contributed by atoms with Gasteiger partial charge in [0.2, 0.25) is 5.91 Å². The van der Waals surface area contributed by atoms with Gasteiger partial charge < -0.3 is 10.1 Å². The molecule has 1 N–H and O–H groups in total. The number of aryl methyl sites for hydroxylation is 2. The van der Waals surface area contributed by atoms with Crippen molar-refractivity contribution in [3.05, 3.63) is 63.5 Å². The summed E-state index contributed by atoms with van der Waals surface area (Å²) in [7, 11) is 1.26. The first-order chi connectivity index (χ1) is 13.5. The highest BCUT2D eigenvalue weighted by molar-refractivity contribution is 6.33. The molecular formula is C20H20ClN3O4. The molecule has 1 heterocycles. The maximum Gasteiger partial charge on any atom is 0.339 e. The fourth-order valence-corrected chi connectivity index (χ4v) is 3.30. The smallest absolute Gasteiger partial charge is 0.339 e. The number of benzene rings is 2. The molecule has 8 heteroatoms. The summed E-state index contributed by atoms with van der Waals surface area (Å²) in [6.45, 7) is 2.71. The van der Waals surface area contributed by atoms with Crippen molar-refractivity contribution in [3.8, 4) is 0 Å². The Labute approximate surface area is 166 Å². The number of hydrogen-bond acceptors (Lipinski definition) is 4. The average Bonchev–Trinajstić information content (AvgIpc) is 2.97. The number of rotatable bonds is 6. The third-order valence-electron chi connectivity index (χ3n) is 4.46. The van der Waals surface area contributed by atoms with E-state index in [-0.39, 0.29) is 35.1 Å². The summed E-state index contributed by atoms with van der Waals surface area (Å²) in [6, 6.07) is 12.1. The Morgan fingerprint density at radius 1 is 1.11 bits per heavy atom. The molecule has 0 unspecified atom stereocenters. The molecule has 0 radical (unpaired) electrons. The predicted molar refractivity (Wildman–Crippen MR) is 108 cm³/mol. The molecule has 2 aromatic carbocycles. The molecule has 1 aromatic heterocycles. The fraction of sp³-hybridized carbons (Fsp3) is 0.250. The number of fused-ring (bicyclic) bond motifs is 1. The Hall–Kier alpha value is -3.06. The van der Waals surface area contributed by atoms with Gasteiger partial charge in [-0.25, -0.2) is 9.59 Å². The van der Waals surface area contributed by atoms with Gasteiger partial charge in [-0.1, -0.05) is 23.7 Å². The number of nitrogens with one attached hydrogen (secondary N) is 1. The molecule has 28 heavy (non-hydrogen) atoms. The summed E-state index contributed by atoms with van der Waals surface area (Å²) in [5, 5.41) is 2.96. The summed E-state index contributed by atoms with van der Waals surface area (Å²) >= 11 is 5.98. The van der Waals surface area contributed by atoms with Gasteiger partial charge in [0.25, 0.3) is 0 Å². The normalized spacial score (nSPS) is 10.8. The summed E-state index contributed by atoms with van der Waals surface area (Å²) in [5.74, 6) is -0.863. The van der Waals surface area contributed by atoms with Crippen LogP contribution >= 0.6 is 11.6 Å². The molecule has 0 aliphatic heterocycles. The zero-order chi connectivity index (χ0) is 20.3. The van der Waals surface area contributed by atoms with Crippen LogP contribution in [0.25, 0.3) is 11.0 Å². The van der Waals surface area contributed by atoms with Gasteiger partial charge in [0, 0.05) is 25.2 Å². The molecule has 0 saturated heterocycles. The highest BCUT2D eigenvalue weighted by Crippen LogP contribution is 2.21. The van der Waals surface area contributed by atoms with Gasteiger partial charge in [-0.2, -0.15) is 0 Å². The van der Waals surface area contributed by atoms with Gasteiger partial charge >= 0.3 is 11.7 Å². The molecule has 0 spiro atoms. The molecule has 146 valence electrons. The molecule has 0 saturated carbocycles. The number of aromatic nitrogens is 2. The molecule has 0 aliphatic carbocycles. The van der Waals surface area contributed by atoms with Crippen LogP contribution in [0, 0.1) is 0 Å². The van der Waals surface area contributed by atoms with Gasteiger partial charge in [-0.3, -0.25) is 13.9 Å². The first-order valence-electron chi connectivity index (χ1n) is 8.82. The molecule has 7 nitrogen and oxygen atoms in total. The van der Waals surface area contributed by atoms with E-state index in [1.54, 1.807) is 15.2 Å². The number of anilines is 1. The van der Waals surface area contributed by atoms with E-state index in [0.717, 1.165) is 11.0 Å². The van der Waals surface area contributed by atoms with Crippen molar-refractivity contribution < 1.29 is 14.3 Å². The van der Waals surface area contributed by atoms with Crippen molar-refractivity contribution in [2.24, 2.45) is 0 Å². The molecule has 0 aliphatic rings. The molecule has 0 atom stereocenters. The van der Waals surface area contributed by atoms with Crippen LogP contribution in [0.4, 0.5) is 5.69 Å². The second kappa shape index (κ2) is 8.31. The number of methoxy groups -OCH3 is 1. The summed E-state index contributed by atoms with van der Waals surface area (Å²) in [4.78, 5) is 36.7. The van der Waals surface area contributed by atoms with Crippen LogP contribution in [-0.4, -0.2) is 28.1 Å². The SMILES string of the molecule is CCn1c(=O)n(CCC(=O)Nc2ccc(Cl)c(C(=O)OC)c2)c2ccccc21. The molecule has 3 aromatic rings. The molecule has 1 amide bonds. The first kappa shape index (κ1) is 19.7. The Kier molecular flexibility index (Phi) is 5.84. The Balaban J connectivity index is 1.76. The molecular weight excluding hydrogens is 382 g/mol. The number of esters is 1. The number of halogens is 1. The van der Waals surface area contributed by atoms with Gasteiger partial charge in [-0.15, -0.1) is 0 Å². The van der Waals surface area contributed by atoms with Crippen LogP contribution < -0.4 is 11.0 Å². The van der Waals surface area contributed by atoms with Crippen molar-refractivity contribution in [1.29, 1.82) is 0 Å². The third kappa shape index (κ3) is 3.80. The predicted octanol–water partition coefficient (Wildman–Crippen LogP) is 3.29. The number of carbonyl (C=O) groups is 2. The van der Waals surface area contributed by atoms with Crippen molar-refractivity contribution in [3.63, 3.8) is 0 Å². The monoisotopic (exact) mass is 401 g/mol. The maximum absolute atomic E-state index is 12.6. The standard InChI is InChI=1S/C20H20ClN3O4/c1-3-23-16-6-4-5-7-17(16)24(20(23)27)11-10-18(25)22-13-8-9-15(21)14(12-13)19(26)28-2/h4-9,12H,3,10-11H2,1-2H3,(H,22,25). The van der Waals surface area contributed by atoms with Gasteiger partial charge in [0.15, 0.2) is 0 Å². The van der Waals surface area contributed by atoms with Crippen molar-refractivity contribution in [2.75, 3.05) is 12.4 Å². The average molecular weight is 402 g/mol. The van der Waals surface area contributed by atoms with E-state index in [9.17, 15) is 14.4 Å². The van der Waals surface area contributed by atoms with E-state index in [0.29, 0.717) is 12.2 Å². The lowest BCUT2D eigenvalue weighted by atomic mass is 10.2. The van der Waals surface area contributed by atoms with E-state index in [4.69, 9.17) is 11.6 Å². The summed E-state index contributed by atoms with van der Waals surface area (Å²) < 4.78 is 7.95. The Morgan fingerprint density at radius 3 is 2.43 bits per heavy atom. The van der Waals surface area contributed by atoms with Gasteiger partial charge in [0.1, 0.15) is 0 Å². The zero-order valence-electron chi connectivity index (χ0n) is 15.6. The highest BCUT2D eigenvalue weighted by Gasteiger charge is 2.15. The molecule has 0 bridgehead atoms. The first-order valence-corrected chi connectivity index (χ1v) is 9.19. The molecule has 3 rings (SSSR count). The van der Waals surface area contributed by atoms with E-state index < -0.39 is 5.97 Å². The van der Waals surface area contributed by atoms with E-state index in [1.165, 1.54) is 19.2 Å². The second-order valence-corrected chi connectivity index (χ2v) is 6.56. The van der Waals surface area contributed by atoms with Crippen LogP contribution in [0.2, 0.25) is 5.02 Å². The van der Waals surface area contributed by atoms with Crippen molar-refractivity contribution in [2.45, 2.75) is 26.4 Å². The summed E-state index contributed by atoms with van der Waals surface area (Å²) in [5.41, 5.74) is 2.09. The van der Waals surface area contributed by atoms with Crippen LogP contribution in [-0.2, 0) is 22.6 Å². The van der Waals surface area contributed by atoms with Crippen LogP contribution in [0.3, 0.4) is 0 Å². The lowest BCUT2D eigenvalue weighted by Crippen LogP contribution is -2.25. The minimum absolute atomic E-state index is 0.105. The van der Waals surface area contributed by atoms with Crippen LogP contribution in [0.5, 0.6) is 0 Å². The van der Waals surface area contributed by atoms with E-state index in [1.807, 2.05) is 31.2 Å². The number of ether oxygens (including phenoxy) is 1.